The third-order valence-electron chi connectivity index (χ3n) is 2.85. The first kappa shape index (κ1) is 38.1. The number of carboxylic acids is 3. The second kappa shape index (κ2) is 24.5. The predicted octanol–water partition coefficient (Wildman–Crippen LogP) is 1.30. The molecule has 0 bridgehead atoms. The molecule has 0 spiro atoms. The molecule has 0 aromatic rings. The van der Waals surface area contributed by atoms with Crippen LogP contribution in [-0.2, 0) is 14.4 Å². The van der Waals surface area contributed by atoms with Crippen LogP contribution in [0, 0.1) is 5.41 Å². The maximum absolute atomic E-state index is 9.60. The number of carboxylic acid groups (broad SMARTS) is 3. The standard InChI is InChI=1S/C6H14O3.3C4H6O2.C2H6O/c1-2-6(3-7,4-8)5-9;3*1-3(2)4(5)6;1-2-3/h7-9H,2-5H2,1H3;3*1H2,2H3,(H,5,6);3H,2H2,1H3. The van der Waals surface area contributed by atoms with Crippen molar-refractivity contribution in [3.63, 3.8) is 0 Å². The van der Waals surface area contributed by atoms with Crippen molar-refractivity contribution in [2.24, 2.45) is 5.41 Å². The van der Waals surface area contributed by atoms with Gasteiger partial charge in [0.15, 0.2) is 0 Å². The van der Waals surface area contributed by atoms with Gasteiger partial charge in [-0.05, 0) is 34.1 Å². The molecule has 10 nitrogen and oxygen atoms in total. The molecule has 0 radical (unpaired) electrons. The van der Waals surface area contributed by atoms with Gasteiger partial charge in [-0.15, -0.1) is 0 Å². The van der Waals surface area contributed by atoms with Gasteiger partial charge in [-0.1, -0.05) is 26.7 Å². The minimum absolute atomic E-state index is 0.156. The molecule has 0 fully saturated rings. The zero-order valence-electron chi connectivity index (χ0n) is 18.5. The van der Waals surface area contributed by atoms with Gasteiger partial charge in [-0.25, -0.2) is 14.4 Å². The van der Waals surface area contributed by atoms with Crippen molar-refractivity contribution in [1.29, 1.82) is 0 Å². The zero-order valence-corrected chi connectivity index (χ0v) is 18.5. The molecule has 10 heteroatoms. The average molecular weight is 439 g/mol. The highest BCUT2D eigenvalue weighted by atomic mass is 16.4. The molecular weight excluding hydrogens is 400 g/mol. The Morgan fingerprint density at radius 3 is 0.767 bits per heavy atom. The van der Waals surface area contributed by atoms with Crippen LogP contribution in [0.15, 0.2) is 36.5 Å². The van der Waals surface area contributed by atoms with Crippen LogP contribution >= 0.6 is 0 Å². The number of aliphatic carboxylic acids is 3. The maximum Gasteiger partial charge on any atom is 0.330 e. The Hall–Kier alpha value is -2.53. The van der Waals surface area contributed by atoms with Crippen molar-refractivity contribution in [3.8, 4) is 0 Å². The Morgan fingerprint density at radius 1 is 0.633 bits per heavy atom. The first-order valence-corrected chi connectivity index (χ1v) is 8.69. The van der Waals surface area contributed by atoms with Gasteiger partial charge in [0.1, 0.15) is 0 Å². The van der Waals surface area contributed by atoms with E-state index in [9.17, 15) is 14.4 Å². The summed E-state index contributed by atoms with van der Waals surface area (Å²) in [7, 11) is 0. The van der Waals surface area contributed by atoms with Crippen LogP contribution in [0.2, 0.25) is 0 Å². The predicted molar refractivity (Wildman–Crippen MR) is 114 cm³/mol. The number of hydrogen-bond donors (Lipinski definition) is 7. The van der Waals surface area contributed by atoms with Gasteiger partial charge >= 0.3 is 17.9 Å². The van der Waals surface area contributed by atoms with E-state index in [1.54, 1.807) is 6.92 Å². The minimum atomic E-state index is -0.935. The molecule has 0 aliphatic carbocycles. The van der Waals surface area contributed by atoms with Crippen molar-refractivity contribution < 1.29 is 50.1 Å². The summed E-state index contributed by atoms with van der Waals surface area (Å²) in [5.74, 6) is -2.81. The molecule has 0 aliphatic heterocycles. The smallest absolute Gasteiger partial charge is 0.330 e. The summed E-state index contributed by atoms with van der Waals surface area (Å²) in [4.78, 5) is 28.8. The van der Waals surface area contributed by atoms with Gasteiger partial charge in [0.05, 0.1) is 19.8 Å². The van der Waals surface area contributed by atoms with Gasteiger partial charge in [0.2, 0.25) is 0 Å². The fourth-order valence-electron chi connectivity index (χ4n) is 0.485. The van der Waals surface area contributed by atoms with Crippen molar-refractivity contribution >= 4 is 17.9 Å². The van der Waals surface area contributed by atoms with Crippen LogP contribution in [-0.4, -0.2) is 80.1 Å². The number of aliphatic hydroxyl groups excluding tert-OH is 4. The molecule has 7 N–H and O–H groups in total. The van der Waals surface area contributed by atoms with E-state index in [1.165, 1.54) is 20.8 Å². The Bertz CT molecular complexity index is 409. The summed E-state index contributed by atoms with van der Waals surface area (Å²) in [5.41, 5.74) is -0.139. The fourth-order valence-corrected chi connectivity index (χ4v) is 0.485. The van der Waals surface area contributed by atoms with Crippen LogP contribution in [0.25, 0.3) is 0 Å². The van der Waals surface area contributed by atoms with Crippen molar-refractivity contribution in [3.05, 3.63) is 36.5 Å². The van der Waals surface area contributed by atoms with Gasteiger partial charge < -0.3 is 35.7 Å². The first-order valence-electron chi connectivity index (χ1n) is 8.69. The molecular formula is C20H38O10. The summed E-state index contributed by atoms with van der Waals surface area (Å²) >= 11 is 0. The van der Waals surface area contributed by atoms with Crippen molar-refractivity contribution in [2.75, 3.05) is 26.4 Å². The molecule has 0 atom stereocenters. The van der Waals surface area contributed by atoms with Crippen molar-refractivity contribution in [2.45, 2.75) is 41.0 Å². The molecule has 0 rings (SSSR count). The van der Waals surface area contributed by atoms with Crippen LogP contribution < -0.4 is 0 Å². The molecule has 0 aromatic carbocycles. The number of carbonyl (C=O) groups is 3. The highest BCUT2D eigenvalue weighted by Gasteiger charge is 2.24. The normalized spacial score (nSPS) is 8.70. The van der Waals surface area contributed by atoms with E-state index < -0.39 is 23.3 Å². The van der Waals surface area contributed by atoms with Crippen LogP contribution in [0.3, 0.4) is 0 Å². The monoisotopic (exact) mass is 438 g/mol. The third-order valence-corrected chi connectivity index (χ3v) is 2.85. The van der Waals surface area contributed by atoms with Gasteiger partial charge in [-0.2, -0.15) is 0 Å². The summed E-state index contributed by atoms with van der Waals surface area (Å²) in [6, 6.07) is 0. The number of hydrogen-bond acceptors (Lipinski definition) is 7. The summed E-state index contributed by atoms with van der Waals surface area (Å²) in [6.45, 7) is 17.1. The lowest BCUT2D eigenvalue weighted by atomic mass is 9.88. The Balaban J connectivity index is -0.0000000900. The third kappa shape index (κ3) is 33.1. The lowest BCUT2D eigenvalue weighted by Gasteiger charge is -2.24. The van der Waals surface area contributed by atoms with Crippen LogP contribution in [0.1, 0.15) is 41.0 Å². The molecule has 0 saturated carbocycles. The molecule has 30 heavy (non-hydrogen) atoms. The largest absolute Gasteiger partial charge is 0.478 e. The van der Waals surface area contributed by atoms with E-state index in [1.807, 2.05) is 6.92 Å². The number of rotatable bonds is 7. The molecule has 0 saturated heterocycles. The Kier molecular flexibility index (Phi) is 31.1. The van der Waals surface area contributed by atoms with Gasteiger partial charge in [-0.3, -0.25) is 0 Å². The molecule has 178 valence electrons. The molecule has 0 unspecified atom stereocenters. The highest BCUT2D eigenvalue weighted by molar-refractivity contribution is 5.85. The Morgan fingerprint density at radius 2 is 0.767 bits per heavy atom. The summed E-state index contributed by atoms with van der Waals surface area (Å²) in [6.07, 6.45) is 0.594. The fraction of sp³-hybridized carbons (Fsp3) is 0.550. The second-order valence-electron chi connectivity index (χ2n) is 5.90. The lowest BCUT2D eigenvalue weighted by Crippen LogP contribution is -2.32. The quantitative estimate of drug-likeness (QED) is 0.285. The molecule has 0 aromatic heterocycles. The second-order valence-corrected chi connectivity index (χ2v) is 5.90. The lowest BCUT2D eigenvalue weighted by molar-refractivity contribution is -0.133. The maximum atomic E-state index is 9.60. The molecule has 0 amide bonds. The van der Waals surface area contributed by atoms with Gasteiger partial charge in [0.25, 0.3) is 0 Å². The first-order chi connectivity index (χ1) is 13.6. The van der Waals surface area contributed by atoms with Crippen molar-refractivity contribution in [1.82, 2.24) is 0 Å². The number of aliphatic hydroxyl groups is 4. The molecule has 0 aliphatic rings. The highest BCUT2D eigenvalue weighted by Crippen LogP contribution is 2.18. The van der Waals surface area contributed by atoms with E-state index in [-0.39, 0.29) is 43.1 Å². The topological polar surface area (TPSA) is 193 Å². The van der Waals surface area contributed by atoms with E-state index in [2.05, 4.69) is 19.7 Å². The summed E-state index contributed by atoms with van der Waals surface area (Å²) < 4.78 is 0. The summed E-state index contributed by atoms with van der Waals surface area (Å²) in [5, 5.41) is 57.2. The van der Waals surface area contributed by atoms with E-state index >= 15 is 0 Å². The zero-order chi connectivity index (χ0) is 25.5. The van der Waals surface area contributed by atoms with Crippen LogP contribution in [0.4, 0.5) is 0 Å². The minimum Gasteiger partial charge on any atom is -0.478 e. The van der Waals surface area contributed by atoms with E-state index in [0.29, 0.717) is 6.42 Å². The Labute approximate surface area is 178 Å². The van der Waals surface area contributed by atoms with E-state index in [4.69, 9.17) is 35.7 Å². The SMILES string of the molecule is C=C(C)C(=O)O.C=C(C)C(=O)O.C=C(C)C(=O)O.CCC(CO)(CO)CO.CCO. The van der Waals surface area contributed by atoms with Crippen LogP contribution in [0.5, 0.6) is 0 Å². The molecule has 0 heterocycles. The van der Waals surface area contributed by atoms with Gasteiger partial charge in [0, 0.05) is 28.7 Å². The average Bonchev–Trinajstić information content (AvgIpc) is 2.66. The van der Waals surface area contributed by atoms with E-state index in [0.717, 1.165) is 0 Å².